The summed E-state index contributed by atoms with van der Waals surface area (Å²) in [6, 6.07) is 0. The van der Waals surface area contributed by atoms with Crippen molar-refractivity contribution >= 4 is 54.0 Å². The molecule has 29 heavy (non-hydrogen) atoms. The van der Waals surface area contributed by atoms with Gasteiger partial charge in [-0.15, -0.1) is 0 Å². The van der Waals surface area contributed by atoms with Gasteiger partial charge < -0.3 is 9.13 Å². The van der Waals surface area contributed by atoms with Crippen molar-refractivity contribution in [3.8, 4) is 0 Å². The van der Waals surface area contributed by atoms with Gasteiger partial charge in [0.2, 0.25) is 0 Å². The lowest BCUT2D eigenvalue weighted by Crippen LogP contribution is -1.91. The summed E-state index contributed by atoms with van der Waals surface area (Å²) in [7, 11) is 4.05. The summed E-state index contributed by atoms with van der Waals surface area (Å²) in [5.41, 5.74) is 3.91. The van der Waals surface area contributed by atoms with Crippen LogP contribution in [0.2, 0.25) is 0 Å². The molecule has 3 saturated carbocycles. The van der Waals surface area contributed by atoms with Gasteiger partial charge in [0.1, 0.15) is 9.21 Å². The van der Waals surface area contributed by atoms with Crippen LogP contribution in [0.5, 0.6) is 0 Å². The van der Waals surface area contributed by atoms with Crippen LogP contribution in [0.15, 0.2) is 37.0 Å². The van der Waals surface area contributed by atoms with Crippen LogP contribution in [-0.2, 0) is 14.1 Å². The van der Waals surface area contributed by atoms with Gasteiger partial charge in [0.15, 0.2) is 0 Å². The highest BCUT2D eigenvalue weighted by Crippen LogP contribution is 2.43. The van der Waals surface area contributed by atoms with Gasteiger partial charge in [-0.05, 0) is 70.4 Å². The number of imidazole rings is 2. The first-order chi connectivity index (χ1) is 14.0. The molecule has 0 radical (unpaired) electrons. The monoisotopic (exact) mass is 585 g/mol. The third kappa shape index (κ3) is 5.50. The SMILES string of the molecule is BrC1=C(C2CC2)N=CC1.Cn1cnc(Br)c1C1CC1.Cn1cnc(C2CC2)c1Br. The third-order valence-corrected chi connectivity index (χ3v) is 7.80. The van der Waals surface area contributed by atoms with E-state index in [4.69, 9.17) is 0 Å². The molecular formula is C21H26Br3N5. The number of aromatic nitrogens is 4. The maximum atomic E-state index is 4.29. The Morgan fingerprint density at radius 1 is 0.828 bits per heavy atom. The molecule has 0 unspecified atom stereocenters. The highest BCUT2D eigenvalue weighted by Gasteiger charge is 2.30. The van der Waals surface area contributed by atoms with Crippen LogP contribution in [0.3, 0.4) is 0 Å². The zero-order chi connectivity index (χ0) is 20.5. The van der Waals surface area contributed by atoms with Gasteiger partial charge >= 0.3 is 0 Å². The van der Waals surface area contributed by atoms with Crippen molar-refractivity contribution < 1.29 is 0 Å². The molecule has 156 valence electrons. The molecular weight excluding hydrogens is 562 g/mol. The molecule has 5 nitrogen and oxygen atoms in total. The summed E-state index contributed by atoms with van der Waals surface area (Å²) >= 11 is 10.4. The number of hydrogen-bond donors (Lipinski definition) is 0. The number of allylic oxidation sites excluding steroid dienone is 2. The van der Waals surface area contributed by atoms with E-state index >= 15 is 0 Å². The van der Waals surface area contributed by atoms with Crippen molar-refractivity contribution in [2.24, 2.45) is 25.0 Å². The van der Waals surface area contributed by atoms with E-state index in [1.165, 1.54) is 60.1 Å². The molecule has 4 aliphatic rings. The van der Waals surface area contributed by atoms with Crippen LogP contribution in [0.1, 0.15) is 68.2 Å². The van der Waals surface area contributed by atoms with E-state index in [9.17, 15) is 0 Å². The highest BCUT2D eigenvalue weighted by atomic mass is 79.9. The van der Waals surface area contributed by atoms with Crippen molar-refractivity contribution in [3.63, 3.8) is 0 Å². The van der Waals surface area contributed by atoms with Crippen molar-refractivity contribution in [1.29, 1.82) is 0 Å². The van der Waals surface area contributed by atoms with Gasteiger partial charge in [-0.1, -0.05) is 15.9 Å². The Morgan fingerprint density at radius 3 is 1.86 bits per heavy atom. The molecule has 0 bridgehead atoms. The fourth-order valence-electron chi connectivity index (χ4n) is 3.37. The van der Waals surface area contributed by atoms with Crippen LogP contribution >= 0.6 is 47.8 Å². The minimum atomic E-state index is 0.746. The average Bonchev–Trinajstić information content (AvgIpc) is 3.60. The molecule has 8 heteroatoms. The van der Waals surface area contributed by atoms with Gasteiger partial charge in [0, 0.05) is 49.0 Å². The van der Waals surface area contributed by atoms with Gasteiger partial charge in [0.25, 0.3) is 0 Å². The number of nitrogens with zero attached hydrogens (tertiary/aromatic N) is 5. The quantitative estimate of drug-likeness (QED) is 0.406. The van der Waals surface area contributed by atoms with Crippen LogP contribution in [0.4, 0.5) is 0 Å². The van der Waals surface area contributed by atoms with Gasteiger partial charge in [-0.3, -0.25) is 4.99 Å². The predicted molar refractivity (Wildman–Crippen MR) is 128 cm³/mol. The first-order valence-electron chi connectivity index (χ1n) is 10.2. The van der Waals surface area contributed by atoms with E-state index in [-0.39, 0.29) is 0 Å². The fraction of sp³-hybridized carbons (Fsp3) is 0.571. The second-order valence-electron chi connectivity index (χ2n) is 8.19. The third-order valence-electron chi connectivity index (χ3n) is 5.50. The Bertz CT molecular complexity index is 911. The van der Waals surface area contributed by atoms with Crippen molar-refractivity contribution in [2.75, 3.05) is 0 Å². The molecule has 0 saturated heterocycles. The lowest BCUT2D eigenvalue weighted by Gasteiger charge is -1.97. The van der Waals surface area contributed by atoms with E-state index in [0.717, 1.165) is 33.4 Å². The molecule has 0 N–H and O–H groups in total. The Hall–Kier alpha value is -0.730. The lowest BCUT2D eigenvalue weighted by molar-refractivity contribution is 0.823. The van der Waals surface area contributed by atoms with Crippen molar-refractivity contribution in [2.45, 2.75) is 56.8 Å². The zero-order valence-electron chi connectivity index (χ0n) is 16.8. The topological polar surface area (TPSA) is 48.0 Å². The minimum absolute atomic E-state index is 0.746. The Balaban J connectivity index is 0.000000106. The first-order valence-corrected chi connectivity index (χ1v) is 12.6. The molecule has 2 aromatic heterocycles. The van der Waals surface area contributed by atoms with Crippen LogP contribution in [-0.4, -0.2) is 25.3 Å². The molecule has 0 atom stereocenters. The Kier molecular flexibility index (Phi) is 6.81. The van der Waals surface area contributed by atoms with Gasteiger partial charge in [-0.25, -0.2) is 9.97 Å². The molecule has 3 fully saturated rings. The lowest BCUT2D eigenvalue weighted by atomic mass is 10.3. The van der Waals surface area contributed by atoms with E-state index in [0.29, 0.717) is 0 Å². The molecule has 0 aromatic carbocycles. The Morgan fingerprint density at radius 2 is 1.45 bits per heavy atom. The zero-order valence-corrected chi connectivity index (χ0v) is 21.5. The first kappa shape index (κ1) is 21.5. The van der Waals surface area contributed by atoms with Gasteiger partial charge in [0.05, 0.1) is 29.7 Å². The number of aryl methyl sites for hydroxylation is 2. The number of halogens is 3. The second-order valence-corrected chi connectivity index (χ2v) is 10.7. The summed E-state index contributed by atoms with van der Waals surface area (Å²) in [6.07, 6.45) is 14.7. The molecule has 3 heterocycles. The van der Waals surface area contributed by atoms with E-state index in [2.05, 4.69) is 67.3 Å². The van der Waals surface area contributed by atoms with Crippen molar-refractivity contribution in [1.82, 2.24) is 19.1 Å². The van der Waals surface area contributed by atoms with E-state index < -0.39 is 0 Å². The maximum absolute atomic E-state index is 4.29. The second kappa shape index (κ2) is 9.18. The van der Waals surface area contributed by atoms with Gasteiger partial charge in [-0.2, -0.15) is 0 Å². The summed E-state index contributed by atoms with van der Waals surface area (Å²) in [6.45, 7) is 0. The average molecular weight is 588 g/mol. The van der Waals surface area contributed by atoms with Crippen LogP contribution < -0.4 is 0 Å². The van der Waals surface area contributed by atoms with E-state index in [1.54, 1.807) is 0 Å². The summed E-state index contributed by atoms with van der Waals surface area (Å²) in [5, 5.41) is 0. The maximum Gasteiger partial charge on any atom is 0.127 e. The van der Waals surface area contributed by atoms with Crippen molar-refractivity contribution in [3.05, 3.63) is 43.4 Å². The summed E-state index contributed by atoms with van der Waals surface area (Å²) < 4.78 is 7.59. The molecule has 0 spiro atoms. The smallest absolute Gasteiger partial charge is 0.127 e. The number of aliphatic imine (C=N–C) groups is 1. The molecule has 0 amide bonds. The Labute approximate surface area is 197 Å². The largest absolute Gasteiger partial charge is 0.336 e. The predicted octanol–water partition coefficient (Wildman–Crippen LogP) is 6.60. The van der Waals surface area contributed by atoms with Crippen LogP contribution in [0, 0.1) is 5.92 Å². The molecule has 2 aromatic rings. The number of hydrogen-bond acceptors (Lipinski definition) is 3. The number of rotatable bonds is 3. The highest BCUT2D eigenvalue weighted by molar-refractivity contribution is 9.11. The molecule has 1 aliphatic heterocycles. The van der Waals surface area contributed by atoms with Crippen LogP contribution in [0.25, 0.3) is 0 Å². The minimum Gasteiger partial charge on any atom is -0.336 e. The molecule has 6 rings (SSSR count). The summed E-state index contributed by atoms with van der Waals surface area (Å²) in [5.74, 6) is 2.33. The standard InChI is InChI=1S/2C7H9BrN2.C7H8BrN/c1-10-4-9-7(8)6(10)5-2-3-5;1-10-4-9-6(7(10)8)5-2-3-5;8-6-3-4-9-7(6)5-1-2-5/h2*4-5H,2-3H2,1H3;4-5H,1-3H2. The van der Waals surface area contributed by atoms with E-state index in [1.807, 2.05) is 37.5 Å². The summed E-state index contributed by atoms with van der Waals surface area (Å²) in [4.78, 5) is 12.7. The fourth-order valence-corrected chi connectivity index (χ4v) is 5.15. The molecule has 3 aliphatic carbocycles. The normalized spacial score (nSPS) is 20.3.